The number of halogens is 5. The molecule has 2 fully saturated rings. The maximum atomic E-state index is 14.9. The summed E-state index contributed by atoms with van der Waals surface area (Å²) in [7, 11) is 0. The van der Waals surface area contributed by atoms with Crippen molar-refractivity contribution in [2.75, 3.05) is 24.6 Å². The van der Waals surface area contributed by atoms with E-state index in [2.05, 4.69) is 140 Å². The standard InChI is InChI=1S/C27H21FN2O.C25H24ClN3O.C25H23ClN2O2.C22H18ClFN2O2.CO2/c1-17-8-13-22(14-18(17)2)31-27-29-25-15-23(24(28)16-26(25)30-27)21-11-9-20(10-12-21)19-6-4-3-5-7-19;1-16-5-10-20(13-17(16)2)30-25-27-23-14-21(22(26)15-24(23)28-25)18-6-8-19(9-7-18)29-11-3-4-12-29;1-15-3-8-19(11-16(15)2)30-24-27-22-12-20(21(26)13-23(22)28-24)17-4-6-18(7-5-17)25(14-29)9-10-25;1-12-3-5-15(7-13(12)2)28-22-25-20-9-17(18(23)10-21(20)26-22)16-6-4-14(11-27)8-19(16)24;2-1-3/h3-16H,1-2H3,(H,29,30);5-10,13-15H,3-4,11-12H2,1-2H3,(H,27,28);3-8,11-13,29H,9-10,14H2,1-2H3,(H,27,28);3-10,27H,11H2,1-2H3,(H,25,26);. The van der Waals surface area contributed by atoms with Gasteiger partial charge in [-0.05, 0) is 274 Å². The van der Waals surface area contributed by atoms with Gasteiger partial charge >= 0.3 is 6.15 Å². The largest absolute Gasteiger partial charge is 0.426 e. The lowest BCUT2D eigenvalue weighted by Gasteiger charge is -2.17. The van der Waals surface area contributed by atoms with Gasteiger partial charge in [0.05, 0.1) is 72.4 Å². The van der Waals surface area contributed by atoms with E-state index in [1.165, 1.54) is 69.6 Å². The predicted octanol–water partition coefficient (Wildman–Crippen LogP) is 26.0. The average molecular weight is 1690 g/mol. The van der Waals surface area contributed by atoms with Gasteiger partial charge in [0.15, 0.2) is 0 Å². The molecule has 17 nitrogen and oxygen atoms in total. The van der Waals surface area contributed by atoms with E-state index in [-0.39, 0.29) is 30.6 Å². The fraction of sp³-hybridized carbons (Fsp3) is 0.170. The van der Waals surface area contributed by atoms with E-state index in [1.54, 1.807) is 30.3 Å². The van der Waals surface area contributed by atoms with Gasteiger partial charge in [0.2, 0.25) is 0 Å². The number of aromatic amines is 4. The number of H-pyrrole nitrogens is 4. The fourth-order valence-corrected chi connectivity index (χ4v) is 15.3. The SMILES string of the molecule is Cc1ccc(Oc2nc3cc(-c4ccc(-c5ccccc5)cc4)c(F)cc3[nH]2)cc1C.Cc1ccc(Oc2nc3cc(-c4ccc(C5(CO)CC5)cc4)c(Cl)cc3[nH]2)cc1C.Cc1ccc(Oc2nc3cc(-c4ccc(CO)cc4F)c(Cl)cc3[nH]2)cc1C.Cc1ccc(Oc2nc3cc(-c4ccc(N5CCCC5)cc4)c(Cl)cc3[nH]2)cc1C.O=C=O. The molecule has 13 aromatic carbocycles. The van der Waals surface area contributed by atoms with E-state index in [9.17, 15) is 13.9 Å². The molecule has 0 amide bonds. The Morgan fingerprint density at radius 2 is 0.721 bits per heavy atom. The number of fused-ring (bicyclic) bond motifs is 4. The van der Waals surface area contributed by atoms with Crippen molar-refractivity contribution in [1.82, 2.24) is 39.9 Å². The van der Waals surface area contributed by atoms with Crippen LogP contribution in [0.2, 0.25) is 15.1 Å². The van der Waals surface area contributed by atoms with E-state index >= 15 is 0 Å². The number of aryl methyl sites for hydroxylation is 8. The molecule has 1 aliphatic heterocycles. The third-order valence-corrected chi connectivity index (χ3v) is 23.3. The minimum Gasteiger partial charge on any atom is -0.426 e. The summed E-state index contributed by atoms with van der Waals surface area (Å²) in [5.74, 6) is 2.13. The predicted molar refractivity (Wildman–Crippen MR) is 481 cm³/mol. The molecule has 2 aliphatic rings. The number of anilines is 1. The molecule has 0 atom stereocenters. The molecular formula is C100H86Cl3F2N9O8. The van der Waals surface area contributed by atoms with Crippen LogP contribution in [0.4, 0.5) is 14.5 Å². The van der Waals surface area contributed by atoms with E-state index in [4.69, 9.17) is 68.4 Å². The quantitative estimate of drug-likeness (QED) is 0.0499. The monoisotopic (exact) mass is 1680 g/mol. The Bertz CT molecular complexity index is 6720. The summed E-state index contributed by atoms with van der Waals surface area (Å²) in [6.45, 7) is 18.7. The second-order valence-corrected chi connectivity index (χ2v) is 31.9. The lowest BCUT2D eigenvalue weighted by atomic mass is 9.94. The van der Waals surface area contributed by atoms with Gasteiger partial charge in [-0.15, -0.1) is 0 Å². The molecule has 5 heterocycles. The zero-order chi connectivity index (χ0) is 85.5. The number of aliphatic hydroxyl groups is 2. The minimum absolute atomic E-state index is 0.0327. The highest BCUT2D eigenvalue weighted by Gasteiger charge is 2.43. The van der Waals surface area contributed by atoms with E-state index in [0.29, 0.717) is 94.9 Å². The highest BCUT2D eigenvalue weighted by atomic mass is 35.5. The van der Waals surface area contributed by atoms with Crippen LogP contribution in [0.1, 0.15) is 81.3 Å². The zero-order valence-corrected chi connectivity index (χ0v) is 70.5. The number of carbonyl (C=O) groups excluding carboxylic acids is 2. The third-order valence-electron chi connectivity index (χ3n) is 22.4. The number of ether oxygens (including phenoxy) is 4. The second kappa shape index (κ2) is 36.8. The summed E-state index contributed by atoms with van der Waals surface area (Å²) < 4.78 is 52.9. The fourth-order valence-electron chi connectivity index (χ4n) is 14.5. The molecule has 1 saturated heterocycles. The van der Waals surface area contributed by atoms with Gasteiger partial charge in [0.1, 0.15) is 34.6 Å². The number of rotatable bonds is 17. The number of hydrogen-bond acceptors (Lipinski definition) is 13. The van der Waals surface area contributed by atoms with Crippen molar-refractivity contribution in [3.05, 3.63) is 325 Å². The lowest BCUT2D eigenvalue weighted by molar-refractivity contribution is -0.191. The Labute approximate surface area is 719 Å². The van der Waals surface area contributed by atoms with E-state index in [1.807, 2.05) is 160 Å². The first-order valence-corrected chi connectivity index (χ1v) is 41.0. The Hall–Kier alpha value is -13.2. The summed E-state index contributed by atoms with van der Waals surface area (Å²) in [6, 6.07) is 79.2. The van der Waals surface area contributed by atoms with Crippen LogP contribution in [0.5, 0.6) is 47.0 Å². The smallest absolute Gasteiger partial charge is 0.373 e. The number of nitrogens with one attached hydrogen (secondary N) is 4. The number of benzene rings is 13. The normalized spacial score (nSPS) is 12.5. The van der Waals surface area contributed by atoms with Crippen LogP contribution in [0, 0.1) is 67.0 Å². The van der Waals surface area contributed by atoms with E-state index < -0.39 is 5.82 Å². The summed E-state index contributed by atoms with van der Waals surface area (Å²) in [4.78, 5) is 49.4. The maximum absolute atomic E-state index is 14.9. The Balaban J connectivity index is 0.000000125. The molecule has 1 saturated carbocycles. The van der Waals surface area contributed by atoms with Gasteiger partial charge in [0.25, 0.3) is 24.0 Å². The maximum Gasteiger partial charge on any atom is 0.373 e. The van der Waals surface area contributed by atoms with Crippen LogP contribution in [-0.2, 0) is 21.6 Å². The molecule has 6 N–H and O–H groups in total. The molecule has 0 unspecified atom stereocenters. The second-order valence-electron chi connectivity index (χ2n) is 30.7. The number of aliphatic hydroxyl groups excluding tert-OH is 2. The lowest BCUT2D eigenvalue weighted by Crippen LogP contribution is -2.17. The molecule has 22 heteroatoms. The molecule has 0 spiro atoms. The van der Waals surface area contributed by atoms with Gasteiger partial charge in [-0.25, -0.2) is 8.78 Å². The number of hydrogen-bond donors (Lipinski definition) is 6. The van der Waals surface area contributed by atoms with Crippen molar-refractivity contribution in [2.24, 2.45) is 0 Å². The van der Waals surface area contributed by atoms with Gasteiger partial charge in [-0.2, -0.15) is 29.5 Å². The van der Waals surface area contributed by atoms with Gasteiger partial charge < -0.3 is 54.0 Å². The third kappa shape index (κ3) is 19.3. The molecule has 17 aromatic rings. The topological polar surface area (TPSA) is 229 Å². The minimum atomic E-state index is -0.449. The van der Waals surface area contributed by atoms with Crippen molar-refractivity contribution in [3.8, 4) is 103 Å². The van der Waals surface area contributed by atoms with Crippen LogP contribution in [0.3, 0.4) is 0 Å². The number of imidazole rings is 4. The molecule has 19 rings (SSSR count). The summed E-state index contributed by atoms with van der Waals surface area (Å²) in [6.07, 6.45) is 4.89. The molecule has 4 aromatic heterocycles. The van der Waals surface area contributed by atoms with Crippen molar-refractivity contribution in [2.45, 2.75) is 93.1 Å². The highest BCUT2D eigenvalue weighted by molar-refractivity contribution is 6.35. The molecule has 122 heavy (non-hydrogen) atoms. The number of nitrogens with zero attached hydrogens (tertiary/aromatic N) is 5. The highest BCUT2D eigenvalue weighted by Crippen LogP contribution is 2.49. The molecule has 614 valence electrons. The molecule has 0 radical (unpaired) electrons. The summed E-state index contributed by atoms with van der Waals surface area (Å²) in [5, 5.41) is 20.5. The summed E-state index contributed by atoms with van der Waals surface area (Å²) >= 11 is 19.6. The first kappa shape index (κ1) is 83.8. The Morgan fingerprint density at radius 1 is 0.377 bits per heavy atom. The summed E-state index contributed by atoms with van der Waals surface area (Å²) in [5.41, 5.74) is 26.7. The molecule has 0 bridgehead atoms. The van der Waals surface area contributed by atoms with Gasteiger partial charge in [0, 0.05) is 58.1 Å². The first-order valence-electron chi connectivity index (χ1n) is 39.9. The molecule has 1 aliphatic carbocycles. The van der Waals surface area contributed by atoms with Crippen molar-refractivity contribution >= 4 is 90.8 Å². The van der Waals surface area contributed by atoms with Gasteiger partial charge in [-0.3, -0.25) is 0 Å². The zero-order valence-electron chi connectivity index (χ0n) is 68.2. The Morgan fingerprint density at radius 3 is 1.11 bits per heavy atom. The van der Waals surface area contributed by atoms with Crippen LogP contribution < -0.4 is 23.8 Å². The number of aromatic nitrogens is 8. The Kier molecular flexibility index (Phi) is 25.3. The van der Waals surface area contributed by atoms with Crippen LogP contribution in [0.15, 0.2) is 243 Å². The van der Waals surface area contributed by atoms with Crippen LogP contribution in [-0.4, -0.2) is 75.9 Å². The van der Waals surface area contributed by atoms with E-state index in [0.717, 1.165) is 110 Å². The van der Waals surface area contributed by atoms with Gasteiger partial charge in [-0.1, -0.05) is 162 Å². The van der Waals surface area contributed by atoms with Crippen molar-refractivity contribution in [3.63, 3.8) is 0 Å². The van der Waals surface area contributed by atoms with Crippen LogP contribution in [0.25, 0.3) is 99.8 Å². The average Bonchev–Trinajstić information content (AvgIpc) is 1.61. The van der Waals surface area contributed by atoms with Crippen LogP contribution >= 0.6 is 34.8 Å². The van der Waals surface area contributed by atoms with Crippen molar-refractivity contribution in [1.29, 1.82) is 0 Å². The first-order chi connectivity index (χ1) is 59.0. The molecular weight excluding hydrogens is 1600 g/mol. The van der Waals surface area contributed by atoms with Crippen molar-refractivity contribution < 1.29 is 47.5 Å².